The maximum Gasteiger partial charge on any atom is 0.0953 e. The van der Waals surface area contributed by atoms with Crippen molar-refractivity contribution < 1.29 is 4.74 Å². The van der Waals surface area contributed by atoms with Crippen molar-refractivity contribution in [2.24, 2.45) is 5.92 Å². The fourth-order valence-electron chi connectivity index (χ4n) is 3.94. The van der Waals surface area contributed by atoms with Crippen LogP contribution in [0.1, 0.15) is 55.4 Å². The minimum absolute atomic E-state index is 0.220. The monoisotopic (exact) mass is 273 g/mol. The normalized spacial score (nSPS) is 34.4. The lowest BCUT2D eigenvalue weighted by Crippen LogP contribution is -2.57. The molecule has 3 unspecified atom stereocenters. The Morgan fingerprint density at radius 3 is 2.85 bits per heavy atom. The number of aryl methyl sites for hydroxylation is 2. The summed E-state index contributed by atoms with van der Waals surface area (Å²) >= 11 is 0. The fourth-order valence-corrected chi connectivity index (χ4v) is 3.94. The molecule has 0 aromatic heterocycles. The predicted octanol–water partition coefficient (Wildman–Crippen LogP) is 3.91. The Kier molecular flexibility index (Phi) is 3.87. The topological polar surface area (TPSA) is 21.3 Å². The van der Waals surface area contributed by atoms with Crippen LogP contribution in [0.5, 0.6) is 0 Å². The first-order chi connectivity index (χ1) is 9.58. The van der Waals surface area contributed by atoms with E-state index in [2.05, 4.69) is 44.3 Å². The summed E-state index contributed by atoms with van der Waals surface area (Å²) in [4.78, 5) is 0. The summed E-state index contributed by atoms with van der Waals surface area (Å²) < 4.78 is 6.28. The highest BCUT2D eigenvalue weighted by atomic mass is 16.5. The van der Waals surface area contributed by atoms with E-state index < -0.39 is 0 Å². The minimum atomic E-state index is 0.220. The fraction of sp³-hybridized carbons (Fsp3) is 0.667. The highest BCUT2D eigenvalue weighted by molar-refractivity contribution is 5.32. The third kappa shape index (κ3) is 2.77. The van der Waals surface area contributed by atoms with Crippen LogP contribution in [-0.4, -0.2) is 18.7 Å². The highest BCUT2D eigenvalue weighted by Gasteiger charge is 2.39. The predicted molar refractivity (Wildman–Crippen MR) is 83.0 cm³/mol. The Balaban J connectivity index is 1.70. The third-order valence-electron chi connectivity index (χ3n) is 5.10. The lowest BCUT2D eigenvalue weighted by molar-refractivity contribution is -0.0529. The van der Waals surface area contributed by atoms with Gasteiger partial charge in [-0.3, -0.25) is 0 Å². The summed E-state index contributed by atoms with van der Waals surface area (Å²) in [5.41, 5.74) is 4.28. The molecule has 1 heterocycles. The Labute approximate surface area is 122 Å². The average Bonchev–Trinajstić information content (AvgIpc) is 2.43. The average molecular weight is 273 g/mol. The second-order valence-corrected chi connectivity index (χ2v) is 7.02. The second kappa shape index (κ2) is 5.50. The van der Waals surface area contributed by atoms with Gasteiger partial charge in [0.05, 0.1) is 12.7 Å². The van der Waals surface area contributed by atoms with E-state index in [1.165, 1.54) is 42.4 Å². The van der Waals surface area contributed by atoms with E-state index in [9.17, 15) is 0 Å². The number of nitrogens with one attached hydrogen (secondary N) is 1. The van der Waals surface area contributed by atoms with Crippen LogP contribution in [0, 0.1) is 19.8 Å². The molecular formula is C18H27NO. The van der Waals surface area contributed by atoms with Crippen LogP contribution in [0.15, 0.2) is 18.2 Å². The summed E-state index contributed by atoms with van der Waals surface area (Å²) in [6.07, 6.45) is 5.48. The van der Waals surface area contributed by atoms with E-state index in [1.54, 1.807) is 0 Å². The van der Waals surface area contributed by atoms with E-state index in [0.717, 1.165) is 19.1 Å². The Hall–Kier alpha value is -0.860. The molecule has 3 atom stereocenters. The van der Waals surface area contributed by atoms with E-state index >= 15 is 0 Å². The molecule has 2 heteroatoms. The molecule has 1 aromatic rings. The highest BCUT2D eigenvalue weighted by Crippen LogP contribution is 2.37. The van der Waals surface area contributed by atoms with Crippen molar-refractivity contribution in [1.29, 1.82) is 0 Å². The van der Waals surface area contributed by atoms with Crippen molar-refractivity contribution in [1.82, 2.24) is 5.32 Å². The van der Waals surface area contributed by atoms with Gasteiger partial charge >= 0.3 is 0 Å². The van der Waals surface area contributed by atoms with Gasteiger partial charge in [0, 0.05) is 12.1 Å². The van der Waals surface area contributed by atoms with Crippen LogP contribution in [-0.2, 0) is 4.74 Å². The molecule has 1 saturated carbocycles. The van der Waals surface area contributed by atoms with Crippen molar-refractivity contribution in [3.05, 3.63) is 34.9 Å². The van der Waals surface area contributed by atoms with E-state index in [0.29, 0.717) is 0 Å². The van der Waals surface area contributed by atoms with Crippen molar-refractivity contribution in [3.8, 4) is 0 Å². The maximum absolute atomic E-state index is 6.28. The van der Waals surface area contributed by atoms with Gasteiger partial charge in [-0.1, -0.05) is 43.5 Å². The standard InChI is InChI=1S/C18H27NO/c1-13-6-7-15(3)16(9-13)17-11-19-18(12-20-17)8-4-5-14(2)10-18/h6-7,9,14,17,19H,4-5,8,10-12H2,1-3H3. The first-order valence-corrected chi connectivity index (χ1v) is 8.02. The molecule has 2 nitrogen and oxygen atoms in total. The van der Waals surface area contributed by atoms with Crippen LogP contribution in [0.2, 0.25) is 0 Å². The summed E-state index contributed by atoms with van der Waals surface area (Å²) in [6, 6.07) is 6.67. The summed E-state index contributed by atoms with van der Waals surface area (Å²) in [7, 11) is 0. The van der Waals surface area contributed by atoms with E-state index in [4.69, 9.17) is 4.74 Å². The molecule has 2 fully saturated rings. The van der Waals surface area contributed by atoms with Gasteiger partial charge in [0.1, 0.15) is 0 Å². The Bertz CT molecular complexity index is 474. The molecule has 1 aliphatic heterocycles. The van der Waals surface area contributed by atoms with Crippen LogP contribution in [0.4, 0.5) is 0 Å². The molecule has 2 aliphatic rings. The van der Waals surface area contributed by atoms with Crippen LogP contribution < -0.4 is 5.32 Å². The SMILES string of the molecule is Cc1ccc(C)c(C2CNC3(CCCC(C)C3)CO2)c1. The zero-order valence-corrected chi connectivity index (χ0v) is 13.0. The number of ether oxygens (including phenoxy) is 1. The van der Waals surface area contributed by atoms with Crippen molar-refractivity contribution in [2.75, 3.05) is 13.2 Å². The Morgan fingerprint density at radius 2 is 2.15 bits per heavy atom. The maximum atomic E-state index is 6.28. The molecule has 0 radical (unpaired) electrons. The summed E-state index contributed by atoms with van der Waals surface area (Å²) in [6.45, 7) is 8.54. The lowest BCUT2D eigenvalue weighted by atomic mass is 9.76. The quantitative estimate of drug-likeness (QED) is 0.837. The molecule has 1 saturated heterocycles. The van der Waals surface area contributed by atoms with Crippen molar-refractivity contribution in [2.45, 2.75) is 58.1 Å². The first kappa shape index (κ1) is 14.1. The molecule has 1 aliphatic carbocycles. The van der Waals surface area contributed by atoms with Gasteiger partial charge in [0.15, 0.2) is 0 Å². The molecule has 0 amide bonds. The zero-order chi connectivity index (χ0) is 14.2. The van der Waals surface area contributed by atoms with Gasteiger partial charge in [-0.15, -0.1) is 0 Å². The number of benzene rings is 1. The molecular weight excluding hydrogens is 246 g/mol. The van der Waals surface area contributed by atoms with Crippen molar-refractivity contribution >= 4 is 0 Å². The Morgan fingerprint density at radius 1 is 1.30 bits per heavy atom. The van der Waals surface area contributed by atoms with Gasteiger partial charge in [-0.05, 0) is 43.7 Å². The van der Waals surface area contributed by atoms with Crippen LogP contribution >= 0.6 is 0 Å². The molecule has 0 bridgehead atoms. The van der Waals surface area contributed by atoms with Gasteiger partial charge < -0.3 is 10.1 Å². The summed E-state index contributed by atoms with van der Waals surface area (Å²) in [5, 5.41) is 3.84. The molecule has 1 aromatic carbocycles. The van der Waals surface area contributed by atoms with Crippen LogP contribution in [0.25, 0.3) is 0 Å². The number of morpholine rings is 1. The number of hydrogen-bond donors (Lipinski definition) is 1. The van der Waals surface area contributed by atoms with Gasteiger partial charge in [-0.25, -0.2) is 0 Å². The lowest BCUT2D eigenvalue weighted by Gasteiger charge is -2.45. The van der Waals surface area contributed by atoms with E-state index in [1.807, 2.05) is 0 Å². The zero-order valence-electron chi connectivity index (χ0n) is 13.0. The molecule has 20 heavy (non-hydrogen) atoms. The van der Waals surface area contributed by atoms with Gasteiger partial charge in [0.2, 0.25) is 0 Å². The molecule has 1 spiro atoms. The van der Waals surface area contributed by atoms with Gasteiger partial charge in [-0.2, -0.15) is 0 Å². The molecule has 3 rings (SSSR count). The minimum Gasteiger partial charge on any atom is -0.370 e. The second-order valence-electron chi connectivity index (χ2n) is 7.02. The number of rotatable bonds is 1. The third-order valence-corrected chi connectivity index (χ3v) is 5.10. The smallest absolute Gasteiger partial charge is 0.0953 e. The van der Waals surface area contributed by atoms with Crippen molar-refractivity contribution in [3.63, 3.8) is 0 Å². The van der Waals surface area contributed by atoms with Crippen LogP contribution in [0.3, 0.4) is 0 Å². The number of hydrogen-bond acceptors (Lipinski definition) is 2. The van der Waals surface area contributed by atoms with E-state index in [-0.39, 0.29) is 11.6 Å². The largest absolute Gasteiger partial charge is 0.370 e. The molecule has 110 valence electrons. The summed E-state index contributed by atoms with van der Waals surface area (Å²) in [5.74, 6) is 0.831. The first-order valence-electron chi connectivity index (χ1n) is 8.02. The molecule has 1 N–H and O–H groups in total. The van der Waals surface area contributed by atoms with Gasteiger partial charge in [0.25, 0.3) is 0 Å².